The fourth-order valence-electron chi connectivity index (χ4n) is 1.80. The Labute approximate surface area is 124 Å². The predicted molar refractivity (Wildman–Crippen MR) is 78.8 cm³/mol. The molecule has 0 radical (unpaired) electrons. The number of carbonyl (C=O) groups excluding carboxylic acids is 2. The Morgan fingerprint density at radius 2 is 1.85 bits per heavy atom. The summed E-state index contributed by atoms with van der Waals surface area (Å²) < 4.78 is 4.89. The molecule has 0 fully saturated rings. The first-order chi connectivity index (χ1) is 9.62. The SMILES string of the molecule is CCCN(CC(=O)OCC)C(=O)c1ccc(CCl)cc1. The van der Waals surface area contributed by atoms with E-state index in [4.69, 9.17) is 16.3 Å². The number of alkyl halides is 1. The fraction of sp³-hybridized carbons (Fsp3) is 0.467. The third kappa shape index (κ3) is 4.85. The molecule has 4 nitrogen and oxygen atoms in total. The number of esters is 1. The van der Waals surface area contributed by atoms with E-state index in [-0.39, 0.29) is 18.4 Å². The summed E-state index contributed by atoms with van der Waals surface area (Å²) in [6.07, 6.45) is 0.783. The third-order valence-corrected chi connectivity index (χ3v) is 3.07. The van der Waals surface area contributed by atoms with Gasteiger partial charge in [-0.25, -0.2) is 0 Å². The van der Waals surface area contributed by atoms with Gasteiger partial charge in [-0.3, -0.25) is 9.59 Å². The molecule has 0 aliphatic rings. The van der Waals surface area contributed by atoms with Gasteiger partial charge in [0.2, 0.25) is 0 Å². The second kappa shape index (κ2) is 8.59. The summed E-state index contributed by atoms with van der Waals surface area (Å²) in [5.74, 6) is -0.136. The number of rotatable bonds is 7. The summed E-state index contributed by atoms with van der Waals surface area (Å²) in [5, 5.41) is 0. The molecule has 0 unspecified atom stereocenters. The van der Waals surface area contributed by atoms with Crippen molar-refractivity contribution >= 4 is 23.5 Å². The maximum absolute atomic E-state index is 12.4. The molecule has 1 rings (SSSR count). The number of carbonyl (C=O) groups is 2. The Bertz CT molecular complexity index is 445. The van der Waals surface area contributed by atoms with Crippen LogP contribution >= 0.6 is 11.6 Å². The van der Waals surface area contributed by atoms with Crippen LogP contribution in [0.4, 0.5) is 0 Å². The molecule has 0 saturated heterocycles. The van der Waals surface area contributed by atoms with Gasteiger partial charge in [-0.2, -0.15) is 0 Å². The molecule has 0 N–H and O–H groups in total. The number of halogens is 1. The van der Waals surface area contributed by atoms with E-state index in [9.17, 15) is 9.59 Å². The van der Waals surface area contributed by atoms with Crippen molar-refractivity contribution in [3.05, 3.63) is 35.4 Å². The summed E-state index contributed by atoms with van der Waals surface area (Å²) in [6.45, 7) is 4.53. The molecule has 1 aromatic rings. The second-order valence-electron chi connectivity index (χ2n) is 4.36. The molecule has 0 aliphatic heterocycles. The highest BCUT2D eigenvalue weighted by molar-refractivity contribution is 6.17. The van der Waals surface area contributed by atoms with Gasteiger partial charge in [0, 0.05) is 18.0 Å². The molecule has 1 amide bonds. The summed E-state index contributed by atoms with van der Waals surface area (Å²) >= 11 is 5.72. The number of benzene rings is 1. The largest absolute Gasteiger partial charge is 0.465 e. The Balaban J connectivity index is 2.78. The van der Waals surface area contributed by atoms with Crippen molar-refractivity contribution in [1.82, 2.24) is 4.90 Å². The smallest absolute Gasteiger partial charge is 0.325 e. The molecular weight excluding hydrogens is 278 g/mol. The topological polar surface area (TPSA) is 46.6 Å². The number of ether oxygens (including phenoxy) is 1. The fourth-order valence-corrected chi connectivity index (χ4v) is 1.98. The molecule has 0 saturated carbocycles. The number of hydrogen-bond donors (Lipinski definition) is 0. The van der Waals surface area contributed by atoms with Crippen LogP contribution in [0.3, 0.4) is 0 Å². The summed E-state index contributed by atoms with van der Waals surface area (Å²) in [6, 6.07) is 7.09. The molecule has 0 bridgehead atoms. The highest BCUT2D eigenvalue weighted by Gasteiger charge is 2.18. The van der Waals surface area contributed by atoms with Gasteiger partial charge in [-0.15, -0.1) is 11.6 Å². The number of hydrogen-bond acceptors (Lipinski definition) is 3. The Hall–Kier alpha value is -1.55. The van der Waals surface area contributed by atoms with Crippen molar-refractivity contribution in [3.8, 4) is 0 Å². The van der Waals surface area contributed by atoms with Crippen LogP contribution in [0.2, 0.25) is 0 Å². The minimum atomic E-state index is -0.383. The second-order valence-corrected chi connectivity index (χ2v) is 4.63. The lowest BCUT2D eigenvalue weighted by molar-refractivity contribution is -0.143. The van der Waals surface area contributed by atoms with Crippen LogP contribution in [0.5, 0.6) is 0 Å². The van der Waals surface area contributed by atoms with Gasteiger partial charge in [0.1, 0.15) is 6.54 Å². The maximum atomic E-state index is 12.4. The van der Waals surface area contributed by atoms with Gasteiger partial charge in [-0.05, 0) is 31.0 Å². The Kier molecular flexibility index (Phi) is 7.09. The third-order valence-electron chi connectivity index (χ3n) is 2.76. The van der Waals surface area contributed by atoms with Gasteiger partial charge in [0.25, 0.3) is 5.91 Å². The van der Waals surface area contributed by atoms with Crippen molar-refractivity contribution in [2.45, 2.75) is 26.1 Å². The van der Waals surface area contributed by atoms with Crippen molar-refractivity contribution in [2.75, 3.05) is 19.7 Å². The normalized spacial score (nSPS) is 10.2. The summed E-state index contributed by atoms with van der Waals surface area (Å²) in [5.41, 5.74) is 1.51. The van der Waals surface area contributed by atoms with Crippen LogP contribution in [-0.4, -0.2) is 36.5 Å². The molecule has 0 aromatic heterocycles. The zero-order valence-electron chi connectivity index (χ0n) is 11.9. The van der Waals surface area contributed by atoms with Crippen LogP contribution in [-0.2, 0) is 15.4 Å². The van der Waals surface area contributed by atoms with Crippen molar-refractivity contribution < 1.29 is 14.3 Å². The van der Waals surface area contributed by atoms with Gasteiger partial charge in [0.05, 0.1) is 6.61 Å². The first-order valence-corrected chi connectivity index (χ1v) is 7.25. The van der Waals surface area contributed by atoms with Crippen LogP contribution in [0.15, 0.2) is 24.3 Å². The Morgan fingerprint density at radius 3 is 2.35 bits per heavy atom. The first kappa shape index (κ1) is 16.5. The number of amides is 1. The molecule has 1 aromatic carbocycles. The van der Waals surface area contributed by atoms with Crippen molar-refractivity contribution in [2.24, 2.45) is 0 Å². The van der Waals surface area contributed by atoms with Crippen molar-refractivity contribution in [1.29, 1.82) is 0 Å². The van der Waals surface area contributed by atoms with E-state index >= 15 is 0 Å². The van der Waals surface area contributed by atoms with E-state index in [0.717, 1.165) is 12.0 Å². The molecule has 0 spiro atoms. The van der Waals surface area contributed by atoms with E-state index in [0.29, 0.717) is 24.6 Å². The summed E-state index contributed by atoms with van der Waals surface area (Å²) in [4.78, 5) is 25.4. The number of nitrogens with zero attached hydrogens (tertiary/aromatic N) is 1. The predicted octanol–water partition coefficient (Wildman–Crippen LogP) is 2.84. The highest BCUT2D eigenvalue weighted by Crippen LogP contribution is 2.10. The molecule has 0 atom stereocenters. The molecule has 5 heteroatoms. The van der Waals surface area contributed by atoms with Crippen LogP contribution in [0.25, 0.3) is 0 Å². The molecule has 0 aliphatic carbocycles. The van der Waals surface area contributed by atoms with E-state index in [1.165, 1.54) is 4.90 Å². The van der Waals surface area contributed by atoms with Crippen LogP contribution in [0.1, 0.15) is 36.2 Å². The minimum absolute atomic E-state index is 0.0161. The monoisotopic (exact) mass is 297 g/mol. The molecular formula is C15H20ClNO3. The quantitative estimate of drug-likeness (QED) is 0.574. The lowest BCUT2D eigenvalue weighted by Gasteiger charge is -2.21. The van der Waals surface area contributed by atoms with E-state index in [2.05, 4.69) is 0 Å². The van der Waals surface area contributed by atoms with E-state index in [1.807, 2.05) is 19.1 Å². The van der Waals surface area contributed by atoms with Crippen LogP contribution < -0.4 is 0 Å². The molecule has 110 valence electrons. The van der Waals surface area contributed by atoms with Crippen molar-refractivity contribution in [3.63, 3.8) is 0 Å². The highest BCUT2D eigenvalue weighted by atomic mass is 35.5. The zero-order valence-corrected chi connectivity index (χ0v) is 12.7. The minimum Gasteiger partial charge on any atom is -0.465 e. The van der Waals surface area contributed by atoms with Gasteiger partial charge in [-0.1, -0.05) is 19.1 Å². The first-order valence-electron chi connectivity index (χ1n) is 6.72. The average Bonchev–Trinajstić information content (AvgIpc) is 2.46. The Morgan fingerprint density at radius 1 is 1.20 bits per heavy atom. The lowest BCUT2D eigenvalue weighted by Crippen LogP contribution is -2.37. The standard InChI is InChI=1S/C15H20ClNO3/c1-3-9-17(11-14(18)20-4-2)15(19)13-7-5-12(10-16)6-8-13/h5-8H,3-4,9-11H2,1-2H3. The summed E-state index contributed by atoms with van der Waals surface area (Å²) in [7, 11) is 0. The van der Waals surface area contributed by atoms with E-state index in [1.54, 1.807) is 19.1 Å². The van der Waals surface area contributed by atoms with Gasteiger partial charge >= 0.3 is 5.97 Å². The maximum Gasteiger partial charge on any atom is 0.325 e. The lowest BCUT2D eigenvalue weighted by atomic mass is 10.1. The van der Waals surface area contributed by atoms with E-state index < -0.39 is 0 Å². The van der Waals surface area contributed by atoms with Gasteiger partial charge in [0.15, 0.2) is 0 Å². The zero-order chi connectivity index (χ0) is 15.0. The average molecular weight is 298 g/mol. The molecule has 20 heavy (non-hydrogen) atoms. The van der Waals surface area contributed by atoms with Crippen LogP contribution in [0, 0.1) is 0 Å². The molecule has 0 heterocycles. The van der Waals surface area contributed by atoms with Gasteiger partial charge < -0.3 is 9.64 Å².